The van der Waals surface area contributed by atoms with E-state index >= 15 is 0 Å². The van der Waals surface area contributed by atoms with Crippen LogP contribution in [-0.4, -0.2) is 10.9 Å². The lowest BCUT2D eigenvalue weighted by atomic mass is 9.98. The molecule has 0 saturated carbocycles. The summed E-state index contributed by atoms with van der Waals surface area (Å²) in [6, 6.07) is 10.0. The highest BCUT2D eigenvalue weighted by Crippen LogP contribution is 2.20. The van der Waals surface area contributed by atoms with Gasteiger partial charge in [0, 0.05) is 30.9 Å². The first-order chi connectivity index (χ1) is 12.9. The number of rotatable bonds is 5. The Kier molecular flexibility index (Phi) is 5.35. The van der Waals surface area contributed by atoms with E-state index in [1.807, 2.05) is 31.2 Å². The van der Waals surface area contributed by atoms with E-state index in [0.29, 0.717) is 12.0 Å². The molecule has 0 aliphatic carbocycles. The van der Waals surface area contributed by atoms with Crippen LogP contribution in [0.5, 0.6) is 0 Å². The van der Waals surface area contributed by atoms with Gasteiger partial charge in [0.2, 0.25) is 5.91 Å². The van der Waals surface area contributed by atoms with Crippen LogP contribution in [0.2, 0.25) is 0 Å². The van der Waals surface area contributed by atoms with Crippen LogP contribution in [0.4, 0.5) is 8.78 Å². The molecule has 3 rings (SSSR count). The summed E-state index contributed by atoms with van der Waals surface area (Å²) in [6.45, 7) is 3.54. The molecule has 144 valence electrons. The molecule has 1 atom stereocenters. The topological polar surface area (TPSA) is 62.0 Å². The van der Waals surface area contributed by atoms with Gasteiger partial charge in [0.1, 0.15) is 11.6 Å². The van der Waals surface area contributed by atoms with Gasteiger partial charge in [0.15, 0.2) is 0 Å². The lowest BCUT2D eigenvalue weighted by Crippen LogP contribution is -2.31. The standard InChI is InChI=1S/C21H20F2N2O2.2H2/c1-3-14-16-6-4-5-7-19(16)25-21(27)17(14)11-20(26)24-12(2)15-9-8-13(22)10-18(15)23;;/h4-10,12H,3,11H2,1-2H3,(H,24,26)(H,25,27);2*1H/t12-;;/m0../s1. The van der Waals surface area contributed by atoms with Gasteiger partial charge in [-0.05, 0) is 31.0 Å². The van der Waals surface area contributed by atoms with Gasteiger partial charge in [-0.1, -0.05) is 31.2 Å². The fraction of sp³-hybridized carbons (Fsp3) is 0.238. The monoisotopic (exact) mass is 374 g/mol. The number of hydrogen-bond donors (Lipinski definition) is 2. The van der Waals surface area contributed by atoms with Crippen molar-refractivity contribution in [1.82, 2.24) is 10.3 Å². The molecule has 0 unspecified atom stereocenters. The number of aromatic amines is 1. The summed E-state index contributed by atoms with van der Waals surface area (Å²) < 4.78 is 26.9. The van der Waals surface area contributed by atoms with Crippen LogP contribution >= 0.6 is 0 Å². The molecule has 1 amide bonds. The molecule has 3 aromatic rings. The first-order valence-electron chi connectivity index (χ1n) is 8.77. The summed E-state index contributed by atoms with van der Waals surface area (Å²) in [5, 5.41) is 3.58. The molecule has 1 aromatic heterocycles. The van der Waals surface area contributed by atoms with E-state index in [2.05, 4.69) is 10.3 Å². The first-order valence-corrected chi connectivity index (χ1v) is 8.77. The van der Waals surface area contributed by atoms with Gasteiger partial charge < -0.3 is 10.3 Å². The van der Waals surface area contributed by atoms with E-state index in [0.717, 1.165) is 28.6 Å². The fourth-order valence-electron chi connectivity index (χ4n) is 3.33. The Bertz CT molecular complexity index is 1070. The van der Waals surface area contributed by atoms with Crippen LogP contribution in [0, 0.1) is 11.6 Å². The highest BCUT2D eigenvalue weighted by Gasteiger charge is 2.18. The van der Waals surface area contributed by atoms with E-state index in [4.69, 9.17) is 0 Å². The SMILES string of the molecule is CCc1c(CC(=O)N[C@@H](C)c2ccc(F)cc2F)c(=O)[nH]c2ccccc12.[HH].[HH]. The van der Waals surface area contributed by atoms with Crippen molar-refractivity contribution in [3.05, 3.63) is 81.1 Å². The van der Waals surface area contributed by atoms with Crippen molar-refractivity contribution in [3.63, 3.8) is 0 Å². The second kappa shape index (κ2) is 7.70. The van der Waals surface area contributed by atoms with E-state index in [1.54, 1.807) is 6.92 Å². The number of hydrogen-bond acceptors (Lipinski definition) is 2. The number of aromatic nitrogens is 1. The third kappa shape index (κ3) is 3.89. The van der Waals surface area contributed by atoms with Crippen LogP contribution in [0.15, 0.2) is 47.3 Å². The van der Waals surface area contributed by atoms with Crippen LogP contribution in [-0.2, 0) is 17.6 Å². The van der Waals surface area contributed by atoms with Crippen LogP contribution in [0.25, 0.3) is 10.9 Å². The lowest BCUT2D eigenvalue weighted by molar-refractivity contribution is -0.121. The van der Waals surface area contributed by atoms with Crippen molar-refractivity contribution < 1.29 is 16.4 Å². The quantitative estimate of drug-likeness (QED) is 0.700. The number of nitrogens with one attached hydrogen (secondary N) is 2. The second-order valence-electron chi connectivity index (χ2n) is 6.44. The highest BCUT2D eigenvalue weighted by molar-refractivity contribution is 5.86. The van der Waals surface area contributed by atoms with Gasteiger partial charge in [-0.2, -0.15) is 0 Å². The van der Waals surface area contributed by atoms with Crippen LogP contribution in [0.3, 0.4) is 0 Å². The third-order valence-corrected chi connectivity index (χ3v) is 4.64. The molecule has 0 radical (unpaired) electrons. The number of pyridine rings is 1. The lowest BCUT2D eigenvalue weighted by Gasteiger charge is -2.16. The summed E-state index contributed by atoms with van der Waals surface area (Å²) in [5.41, 5.74) is 1.84. The third-order valence-electron chi connectivity index (χ3n) is 4.64. The van der Waals surface area contributed by atoms with Gasteiger partial charge in [0.25, 0.3) is 5.56 Å². The molecule has 1 heterocycles. The predicted molar refractivity (Wildman–Crippen MR) is 105 cm³/mol. The molecule has 0 bridgehead atoms. The van der Waals surface area contributed by atoms with Gasteiger partial charge in [0.05, 0.1) is 12.5 Å². The minimum Gasteiger partial charge on any atom is -0.349 e. The molecular weight excluding hydrogens is 350 g/mol. The molecule has 4 nitrogen and oxygen atoms in total. The maximum absolute atomic E-state index is 13.9. The summed E-state index contributed by atoms with van der Waals surface area (Å²) in [5.74, 6) is -1.80. The Hall–Kier alpha value is -3.02. The number of benzene rings is 2. The van der Waals surface area contributed by atoms with Crippen molar-refractivity contribution in [2.75, 3.05) is 0 Å². The minimum atomic E-state index is -0.722. The summed E-state index contributed by atoms with van der Waals surface area (Å²) in [6.07, 6.45) is 0.492. The normalized spacial score (nSPS) is 12.1. The average Bonchev–Trinajstić information content (AvgIpc) is 2.62. The van der Waals surface area contributed by atoms with Gasteiger partial charge in [-0.3, -0.25) is 9.59 Å². The zero-order valence-electron chi connectivity index (χ0n) is 15.1. The summed E-state index contributed by atoms with van der Waals surface area (Å²) in [4.78, 5) is 27.7. The van der Waals surface area contributed by atoms with E-state index in [9.17, 15) is 18.4 Å². The maximum Gasteiger partial charge on any atom is 0.252 e. The number of carbonyl (C=O) groups excluding carboxylic acids is 1. The second-order valence-corrected chi connectivity index (χ2v) is 6.44. The number of amides is 1. The largest absolute Gasteiger partial charge is 0.349 e. The highest BCUT2D eigenvalue weighted by atomic mass is 19.1. The van der Waals surface area contributed by atoms with Gasteiger partial charge in [-0.25, -0.2) is 8.78 Å². The van der Waals surface area contributed by atoms with Crippen molar-refractivity contribution in [2.45, 2.75) is 32.7 Å². The Labute approximate surface area is 158 Å². The van der Waals surface area contributed by atoms with Gasteiger partial charge in [-0.15, -0.1) is 0 Å². The number of H-pyrrole nitrogens is 1. The molecule has 2 N–H and O–H groups in total. The summed E-state index contributed by atoms with van der Waals surface area (Å²) in [7, 11) is 0. The van der Waals surface area contributed by atoms with Gasteiger partial charge >= 0.3 is 0 Å². The van der Waals surface area contributed by atoms with Crippen molar-refractivity contribution in [3.8, 4) is 0 Å². The Morgan fingerprint density at radius 1 is 1.19 bits per heavy atom. The van der Waals surface area contributed by atoms with Crippen molar-refractivity contribution in [2.24, 2.45) is 0 Å². The molecule has 0 spiro atoms. The maximum atomic E-state index is 13.9. The Morgan fingerprint density at radius 2 is 1.93 bits per heavy atom. The number of fused-ring (bicyclic) bond motifs is 1. The molecule has 27 heavy (non-hydrogen) atoms. The van der Waals surface area contributed by atoms with Crippen molar-refractivity contribution in [1.29, 1.82) is 0 Å². The van der Waals surface area contributed by atoms with E-state index < -0.39 is 23.6 Å². The number of halogens is 2. The van der Waals surface area contributed by atoms with Crippen LogP contribution < -0.4 is 10.9 Å². The fourth-order valence-corrected chi connectivity index (χ4v) is 3.33. The van der Waals surface area contributed by atoms with E-state index in [1.165, 1.54) is 6.07 Å². The smallest absolute Gasteiger partial charge is 0.252 e. The number of carbonyl (C=O) groups is 1. The molecule has 0 aliphatic rings. The zero-order valence-corrected chi connectivity index (χ0v) is 15.1. The Morgan fingerprint density at radius 3 is 2.63 bits per heavy atom. The first kappa shape index (κ1) is 18.8. The molecule has 0 fully saturated rings. The molecule has 0 saturated heterocycles. The number of aryl methyl sites for hydroxylation is 1. The predicted octanol–water partition coefficient (Wildman–Crippen LogP) is 4.28. The van der Waals surface area contributed by atoms with Crippen LogP contribution in [0.1, 0.15) is 39.4 Å². The summed E-state index contributed by atoms with van der Waals surface area (Å²) >= 11 is 0. The number of para-hydroxylation sites is 1. The molecule has 2 aromatic carbocycles. The average molecular weight is 374 g/mol. The zero-order chi connectivity index (χ0) is 19.6. The minimum absolute atomic E-state index is 0. The molecule has 6 heteroatoms. The van der Waals surface area contributed by atoms with E-state index in [-0.39, 0.29) is 20.4 Å². The Balaban J connectivity index is 0.00000210. The van der Waals surface area contributed by atoms with Crippen molar-refractivity contribution >= 4 is 16.8 Å². The molecule has 0 aliphatic heterocycles. The molecular formula is C21H24F2N2O2.